The number of aromatic nitrogens is 5. The molecule has 28 heavy (non-hydrogen) atoms. The fourth-order valence-corrected chi connectivity index (χ4v) is 3.56. The van der Waals surface area contributed by atoms with E-state index in [-0.39, 0.29) is 5.15 Å². The molecule has 0 aliphatic heterocycles. The lowest BCUT2D eigenvalue weighted by atomic mass is 10.0. The molecule has 0 bridgehead atoms. The van der Waals surface area contributed by atoms with Crippen LogP contribution in [0.25, 0.3) is 33.5 Å². The minimum Gasteiger partial charge on any atom is -0.493 e. The van der Waals surface area contributed by atoms with E-state index in [1.165, 1.54) is 12.8 Å². The van der Waals surface area contributed by atoms with Crippen LogP contribution in [0.3, 0.4) is 0 Å². The van der Waals surface area contributed by atoms with Crippen LogP contribution in [-0.4, -0.2) is 31.8 Å². The first-order chi connectivity index (χ1) is 13.7. The Morgan fingerprint density at radius 2 is 1.96 bits per heavy atom. The lowest BCUT2D eigenvalue weighted by molar-refractivity contribution is 0.414. The van der Waals surface area contributed by atoms with Gasteiger partial charge in [-0.3, -0.25) is 4.68 Å². The van der Waals surface area contributed by atoms with Crippen LogP contribution in [0.2, 0.25) is 5.15 Å². The van der Waals surface area contributed by atoms with E-state index in [9.17, 15) is 0 Å². The molecule has 0 atom stereocenters. The van der Waals surface area contributed by atoms with Crippen LogP contribution >= 0.6 is 11.6 Å². The van der Waals surface area contributed by atoms with Crippen molar-refractivity contribution >= 4 is 22.6 Å². The average Bonchev–Trinajstić information content (AvgIpc) is 3.44. The van der Waals surface area contributed by atoms with Crippen LogP contribution in [0, 0.1) is 5.92 Å². The van der Waals surface area contributed by atoms with Gasteiger partial charge in [0.05, 0.1) is 12.6 Å². The van der Waals surface area contributed by atoms with Gasteiger partial charge in [-0.25, -0.2) is 15.0 Å². The minimum absolute atomic E-state index is 0.290. The second-order valence-corrected chi connectivity index (χ2v) is 7.35. The first-order valence-electron chi connectivity index (χ1n) is 9.21. The normalized spacial score (nSPS) is 13.8. The Bertz CT molecular complexity index is 1150. The Morgan fingerprint density at radius 3 is 2.71 bits per heavy atom. The summed E-state index contributed by atoms with van der Waals surface area (Å²) < 4.78 is 7.30. The largest absolute Gasteiger partial charge is 0.493 e. The van der Waals surface area contributed by atoms with E-state index in [1.807, 2.05) is 22.9 Å². The summed E-state index contributed by atoms with van der Waals surface area (Å²) in [6, 6.07) is 11.9. The lowest BCUT2D eigenvalue weighted by Gasteiger charge is -2.08. The smallest absolute Gasteiger partial charge is 0.171 e. The van der Waals surface area contributed by atoms with Crippen molar-refractivity contribution < 1.29 is 4.74 Å². The molecule has 0 N–H and O–H groups in total. The van der Waals surface area contributed by atoms with Crippen LogP contribution in [0.5, 0.6) is 5.75 Å². The third-order valence-electron chi connectivity index (χ3n) is 4.96. The van der Waals surface area contributed by atoms with Crippen molar-refractivity contribution in [2.24, 2.45) is 5.92 Å². The number of pyridine rings is 1. The van der Waals surface area contributed by atoms with Gasteiger partial charge in [-0.1, -0.05) is 41.9 Å². The Hall–Kier alpha value is -2.99. The molecule has 0 saturated heterocycles. The fraction of sp³-hybridized carbons (Fsp3) is 0.238. The van der Waals surface area contributed by atoms with Crippen molar-refractivity contribution in [3.8, 4) is 28.3 Å². The lowest BCUT2D eigenvalue weighted by Crippen LogP contribution is -1.99. The number of methoxy groups -OCH3 is 1. The predicted molar refractivity (Wildman–Crippen MR) is 108 cm³/mol. The maximum atomic E-state index is 6.29. The minimum atomic E-state index is 0.290. The predicted octanol–water partition coefficient (Wildman–Crippen LogP) is 4.63. The van der Waals surface area contributed by atoms with Gasteiger partial charge in [0.1, 0.15) is 23.2 Å². The zero-order valence-corrected chi connectivity index (χ0v) is 16.1. The summed E-state index contributed by atoms with van der Waals surface area (Å²) in [6.45, 7) is 0.921. The van der Waals surface area contributed by atoms with Crippen LogP contribution in [0.15, 0.2) is 48.9 Å². The number of nitrogens with zero attached hydrogens (tertiary/aromatic N) is 5. The molecule has 1 fully saturated rings. The summed E-state index contributed by atoms with van der Waals surface area (Å²) in [5.41, 5.74) is 4.88. The molecule has 3 aromatic heterocycles. The van der Waals surface area contributed by atoms with Crippen molar-refractivity contribution in [2.45, 2.75) is 19.4 Å². The van der Waals surface area contributed by atoms with Gasteiger partial charge in [-0.05, 0) is 18.8 Å². The molecule has 3 heterocycles. The maximum absolute atomic E-state index is 6.29. The first kappa shape index (κ1) is 17.1. The number of hydrogen-bond donors (Lipinski definition) is 0. The monoisotopic (exact) mass is 391 g/mol. The van der Waals surface area contributed by atoms with Crippen LogP contribution < -0.4 is 4.74 Å². The molecule has 7 heteroatoms. The summed E-state index contributed by atoms with van der Waals surface area (Å²) in [7, 11) is 1.56. The highest BCUT2D eigenvalue weighted by atomic mass is 35.5. The molecule has 140 valence electrons. The van der Waals surface area contributed by atoms with Crippen LogP contribution in [-0.2, 0) is 6.54 Å². The van der Waals surface area contributed by atoms with Gasteiger partial charge >= 0.3 is 0 Å². The quantitative estimate of drug-likeness (QED) is 0.464. The third-order valence-corrected chi connectivity index (χ3v) is 5.23. The molecule has 1 aliphatic rings. The molecule has 0 radical (unpaired) electrons. The molecule has 0 unspecified atom stereocenters. The zero-order chi connectivity index (χ0) is 19.1. The summed E-state index contributed by atoms with van der Waals surface area (Å²) in [6.07, 6.45) is 6.13. The maximum Gasteiger partial charge on any atom is 0.171 e. The highest BCUT2D eigenvalue weighted by Crippen LogP contribution is 2.36. The summed E-state index contributed by atoms with van der Waals surface area (Å²) in [4.78, 5) is 13.4. The number of halogens is 1. The van der Waals surface area contributed by atoms with E-state index in [2.05, 4.69) is 33.3 Å². The highest BCUT2D eigenvalue weighted by molar-refractivity contribution is 6.31. The van der Waals surface area contributed by atoms with Crippen molar-refractivity contribution in [1.82, 2.24) is 24.7 Å². The molecule has 1 aromatic carbocycles. The molecular weight excluding hydrogens is 374 g/mol. The molecule has 5 rings (SSSR count). The Balaban J connectivity index is 1.72. The fourth-order valence-electron chi connectivity index (χ4n) is 3.35. The second kappa shape index (κ2) is 6.87. The first-order valence-corrected chi connectivity index (χ1v) is 9.59. The molecular formula is C21H18ClN5O. The van der Waals surface area contributed by atoms with E-state index in [1.54, 1.807) is 19.5 Å². The zero-order valence-electron chi connectivity index (χ0n) is 15.3. The summed E-state index contributed by atoms with van der Waals surface area (Å²) in [5.74, 6) is 1.21. The molecule has 0 spiro atoms. The van der Waals surface area contributed by atoms with Crippen molar-refractivity contribution in [1.29, 1.82) is 0 Å². The van der Waals surface area contributed by atoms with E-state index >= 15 is 0 Å². The Kier molecular flexibility index (Phi) is 4.20. The van der Waals surface area contributed by atoms with Crippen molar-refractivity contribution in [3.05, 3.63) is 54.1 Å². The highest BCUT2D eigenvalue weighted by Gasteiger charge is 2.24. The van der Waals surface area contributed by atoms with Gasteiger partial charge < -0.3 is 4.74 Å². The molecule has 4 aromatic rings. The average molecular weight is 392 g/mol. The van der Waals surface area contributed by atoms with E-state index in [0.29, 0.717) is 16.8 Å². The molecule has 1 saturated carbocycles. The SMILES string of the molecule is COc1cc2ncnc(-c3cn(CC4CC4)nc3-c3ccccc3)c2nc1Cl. The summed E-state index contributed by atoms with van der Waals surface area (Å²) >= 11 is 6.29. The van der Waals surface area contributed by atoms with Gasteiger partial charge in [0.25, 0.3) is 0 Å². The van der Waals surface area contributed by atoms with E-state index in [0.717, 1.165) is 35.0 Å². The molecule has 1 aliphatic carbocycles. The standard InChI is InChI=1S/C21H18ClN5O/c1-28-17-9-16-20(25-21(17)22)19(24-12-23-16)15-11-27(10-13-7-8-13)26-18(15)14-5-3-2-4-6-14/h2-6,9,11-13H,7-8,10H2,1H3. The number of ether oxygens (including phenoxy) is 1. The van der Waals surface area contributed by atoms with Gasteiger partial charge in [-0.2, -0.15) is 5.10 Å². The summed E-state index contributed by atoms with van der Waals surface area (Å²) in [5, 5.41) is 5.16. The Labute approximate surface area is 167 Å². The number of fused-ring (bicyclic) bond motifs is 1. The molecule has 0 amide bonds. The topological polar surface area (TPSA) is 65.7 Å². The van der Waals surface area contributed by atoms with Crippen molar-refractivity contribution in [3.63, 3.8) is 0 Å². The van der Waals surface area contributed by atoms with Gasteiger partial charge in [0, 0.05) is 29.9 Å². The second-order valence-electron chi connectivity index (χ2n) is 6.99. The van der Waals surface area contributed by atoms with Crippen LogP contribution in [0.1, 0.15) is 12.8 Å². The van der Waals surface area contributed by atoms with Gasteiger partial charge in [0.15, 0.2) is 10.9 Å². The number of hydrogen-bond acceptors (Lipinski definition) is 5. The number of benzene rings is 1. The van der Waals surface area contributed by atoms with E-state index < -0.39 is 0 Å². The Morgan fingerprint density at radius 1 is 1.14 bits per heavy atom. The van der Waals surface area contributed by atoms with E-state index in [4.69, 9.17) is 21.4 Å². The van der Waals surface area contributed by atoms with Crippen molar-refractivity contribution in [2.75, 3.05) is 7.11 Å². The van der Waals surface area contributed by atoms with Crippen LogP contribution in [0.4, 0.5) is 0 Å². The third kappa shape index (κ3) is 3.10. The molecule has 6 nitrogen and oxygen atoms in total. The van der Waals surface area contributed by atoms with Gasteiger partial charge in [0.2, 0.25) is 0 Å². The van der Waals surface area contributed by atoms with Gasteiger partial charge in [-0.15, -0.1) is 0 Å². The number of rotatable bonds is 5.